The summed E-state index contributed by atoms with van der Waals surface area (Å²) in [5.41, 5.74) is 3.25. The zero-order valence-electron chi connectivity index (χ0n) is 16.4. The summed E-state index contributed by atoms with van der Waals surface area (Å²) in [6.07, 6.45) is 3.17. The van der Waals surface area contributed by atoms with E-state index in [9.17, 15) is 19.5 Å². The van der Waals surface area contributed by atoms with Crippen LogP contribution in [0.4, 0.5) is 5.69 Å². The van der Waals surface area contributed by atoms with Crippen LogP contribution in [0.25, 0.3) is 0 Å². The molecule has 0 heterocycles. The molecule has 0 radical (unpaired) electrons. The Bertz CT molecular complexity index is 966. The fourth-order valence-corrected chi connectivity index (χ4v) is 3.51. The molecule has 2 aromatic carbocycles. The van der Waals surface area contributed by atoms with Gasteiger partial charge in [-0.15, -0.1) is 0 Å². The number of ketones is 1. The Morgan fingerprint density at radius 3 is 2.41 bits per heavy atom. The molecule has 0 bridgehead atoms. The van der Waals surface area contributed by atoms with Crippen molar-refractivity contribution in [3.8, 4) is 11.5 Å². The number of anilines is 1. The number of carbonyl (C=O) groups is 3. The van der Waals surface area contributed by atoms with Gasteiger partial charge >= 0.3 is 5.97 Å². The summed E-state index contributed by atoms with van der Waals surface area (Å²) < 4.78 is 10.4. The van der Waals surface area contributed by atoms with Crippen molar-refractivity contribution in [3.63, 3.8) is 0 Å². The lowest BCUT2D eigenvalue weighted by Gasteiger charge is -2.14. The molecule has 0 saturated carbocycles. The number of hydrogen-bond acceptors (Lipinski definition) is 5. The average molecular weight is 397 g/mol. The molecule has 2 N–H and O–H groups in total. The Morgan fingerprint density at radius 1 is 0.966 bits per heavy atom. The van der Waals surface area contributed by atoms with Gasteiger partial charge in [0.15, 0.2) is 17.3 Å². The molecule has 7 heteroatoms. The highest BCUT2D eigenvalue weighted by Crippen LogP contribution is 2.36. The van der Waals surface area contributed by atoms with Gasteiger partial charge in [-0.3, -0.25) is 9.59 Å². The Balaban J connectivity index is 1.68. The third-order valence-electron chi connectivity index (χ3n) is 5.00. The number of aryl methyl sites for hydroxylation is 2. The number of hydrogen-bond donors (Lipinski definition) is 2. The Kier molecular flexibility index (Phi) is 6.16. The zero-order chi connectivity index (χ0) is 21.0. The Morgan fingerprint density at radius 2 is 1.72 bits per heavy atom. The van der Waals surface area contributed by atoms with E-state index in [4.69, 9.17) is 9.47 Å². The molecule has 1 aliphatic rings. The lowest BCUT2D eigenvalue weighted by atomic mass is 10.0. The number of amides is 1. The van der Waals surface area contributed by atoms with E-state index in [0.717, 1.165) is 19.3 Å². The van der Waals surface area contributed by atoms with Gasteiger partial charge in [0.05, 0.1) is 25.5 Å². The quantitative estimate of drug-likeness (QED) is 0.661. The molecule has 0 aliphatic heterocycles. The summed E-state index contributed by atoms with van der Waals surface area (Å²) in [4.78, 5) is 36.1. The summed E-state index contributed by atoms with van der Waals surface area (Å²) in [5, 5.41) is 11.9. The van der Waals surface area contributed by atoms with Gasteiger partial charge in [-0.1, -0.05) is 12.1 Å². The highest BCUT2D eigenvalue weighted by Gasteiger charge is 2.19. The highest BCUT2D eigenvalue weighted by molar-refractivity contribution is 6.01. The maximum absolute atomic E-state index is 12.5. The number of Topliss-reactive ketones (excluding diaryl/α,β-unsaturated/α-hetero) is 1. The van der Waals surface area contributed by atoms with Crippen molar-refractivity contribution in [2.45, 2.75) is 32.1 Å². The highest BCUT2D eigenvalue weighted by atomic mass is 16.5. The van der Waals surface area contributed by atoms with Crippen LogP contribution in [0.1, 0.15) is 51.1 Å². The minimum atomic E-state index is -1.16. The van der Waals surface area contributed by atoms with Crippen molar-refractivity contribution in [3.05, 3.63) is 52.6 Å². The largest absolute Gasteiger partial charge is 0.493 e. The van der Waals surface area contributed by atoms with E-state index >= 15 is 0 Å². The lowest BCUT2D eigenvalue weighted by molar-refractivity contribution is -0.116. The van der Waals surface area contributed by atoms with Crippen LogP contribution in [-0.2, 0) is 17.6 Å². The second-order valence-electron chi connectivity index (χ2n) is 6.87. The number of fused-ring (bicyclic) bond motifs is 1. The van der Waals surface area contributed by atoms with E-state index in [-0.39, 0.29) is 41.4 Å². The maximum atomic E-state index is 12.5. The van der Waals surface area contributed by atoms with Gasteiger partial charge in [0.25, 0.3) is 0 Å². The fraction of sp³-hybridized carbons (Fsp3) is 0.318. The van der Waals surface area contributed by atoms with Crippen molar-refractivity contribution >= 4 is 23.3 Å². The molecule has 152 valence electrons. The number of carboxylic acids is 1. The summed E-state index contributed by atoms with van der Waals surface area (Å²) in [6.45, 7) is 0. The molecule has 1 aliphatic carbocycles. The third-order valence-corrected chi connectivity index (χ3v) is 5.00. The van der Waals surface area contributed by atoms with Crippen molar-refractivity contribution in [1.29, 1.82) is 0 Å². The topological polar surface area (TPSA) is 102 Å². The number of aromatic carboxylic acids is 1. The van der Waals surface area contributed by atoms with Crippen LogP contribution in [0, 0.1) is 0 Å². The SMILES string of the molecule is COc1cc(C(=O)O)cc(NC(=O)CCC(=O)c2ccc3c(c2)CCC3)c1OC. The van der Waals surface area contributed by atoms with Crippen LogP contribution in [0.3, 0.4) is 0 Å². The fourth-order valence-electron chi connectivity index (χ4n) is 3.51. The molecule has 0 aromatic heterocycles. The van der Waals surface area contributed by atoms with Crippen LogP contribution in [0.2, 0.25) is 0 Å². The molecule has 0 spiro atoms. The van der Waals surface area contributed by atoms with E-state index in [1.807, 2.05) is 18.2 Å². The summed E-state index contributed by atoms with van der Waals surface area (Å²) >= 11 is 0. The van der Waals surface area contributed by atoms with E-state index in [2.05, 4.69) is 5.32 Å². The first-order valence-corrected chi connectivity index (χ1v) is 9.37. The molecule has 0 unspecified atom stereocenters. The van der Waals surface area contributed by atoms with Crippen LogP contribution in [0.5, 0.6) is 11.5 Å². The molecule has 7 nitrogen and oxygen atoms in total. The van der Waals surface area contributed by atoms with E-state index in [0.29, 0.717) is 5.56 Å². The van der Waals surface area contributed by atoms with Gasteiger partial charge in [0, 0.05) is 18.4 Å². The molecule has 0 fully saturated rings. The lowest BCUT2D eigenvalue weighted by Crippen LogP contribution is -2.15. The number of carboxylic acid groups (broad SMARTS) is 1. The van der Waals surface area contributed by atoms with E-state index in [1.54, 1.807) is 0 Å². The number of methoxy groups -OCH3 is 2. The Labute approximate surface area is 168 Å². The molecular formula is C22H23NO6. The normalized spacial score (nSPS) is 12.2. The minimum Gasteiger partial charge on any atom is -0.493 e. The van der Waals surface area contributed by atoms with Gasteiger partial charge in [-0.05, 0) is 48.6 Å². The number of ether oxygens (including phenoxy) is 2. The molecule has 0 atom stereocenters. The van der Waals surface area contributed by atoms with Crippen LogP contribution < -0.4 is 14.8 Å². The van der Waals surface area contributed by atoms with Gasteiger partial charge < -0.3 is 19.9 Å². The standard InChI is InChI=1S/C22H23NO6/c1-28-19-12-16(22(26)27)11-17(21(19)29-2)23-20(25)9-8-18(24)15-7-6-13-4-3-5-14(13)10-15/h6-7,10-12H,3-5,8-9H2,1-2H3,(H,23,25)(H,26,27). The molecule has 3 rings (SSSR count). The second kappa shape index (κ2) is 8.77. The number of nitrogens with one attached hydrogen (secondary N) is 1. The van der Waals surface area contributed by atoms with Gasteiger partial charge in [-0.25, -0.2) is 4.79 Å². The summed E-state index contributed by atoms with van der Waals surface area (Å²) in [6, 6.07) is 8.34. The Hall–Kier alpha value is -3.35. The third kappa shape index (κ3) is 4.56. The van der Waals surface area contributed by atoms with Crippen molar-refractivity contribution in [2.24, 2.45) is 0 Å². The van der Waals surface area contributed by atoms with Crippen LogP contribution in [-0.4, -0.2) is 37.0 Å². The van der Waals surface area contributed by atoms with Crippen molar-refractivity contribution in [2.75, 3.05) is 19.5 Å². The number of rotatable bonds is 8. The predicted octanol–water partition coefficient (Wildman–Crippen LogP) is 3.49. The first kappa shape index (κ1) is 20.4. The zero-order valence-corrected chi connectivity index (χ0v) is 16.4. The van der Waals surface area contributed by atoms with Crippen molar-refractivity contribution in [1.82, 2.24) is 0 Å². The molecule has 0 saturated heterocycles. The smallest absolute Gasteiger partial charge is 0.335 e. The second-order valence-corrected chi connectivity index (χ2v) is 6.87. The minimum absolute atomic E-state index is 0.0291. The first-order chi connectivity index (χ1) is 13.9. The summed E-state index contributed by atoms with van der Waals surface area (Å²) in [7, 11) is 2.77. The number of benzene rings is 2. The molecule has 29 heavy (non-hydrogen) atoms. The van der Waals surface area contributed by atoms with E-state index < -0.39 is 11.9 Å². The van der Waals surface area contributed by atoms with Gasteiger partial charge in [0.2, 0.25) is 5.91 Å². The van der Waals surface area contributed by atoms with E-state index in [1.165, 1.54) is 37.5 Å². The van der Waals surface area contributed by atoms with Crippen LogP contribution in [0.15, 0.2) is 30.3 Å². The van der Waals surface area contributed by atoms with Crippen LogP contribution >= 0.6 is 0 Å². The monoisotopic (exact) mass is 397 g/mol. The number of carbonyl (C=O) groups excluding carboxylic acids is 2. The van der Waals surface area contributed by atoms with Gasteiger partial charge in [-0.2, -0.15) is 0 Å². The van der Waals surface area contributed by atoms with Crippen molar-refractivity contribution < 1.29 is 29.0 Å². The molecule has 2 aromatic rings. The maximum Gasteiger partial charge on any atom is 0.335 e. The average Bonchev–Trinajstić information content (AvgIpc) is 3.19. The molecular weight excluding hydrogens is 374 g/mol. The molecule has 1 amide bonds. The predicted molar refractivity (Wildman–Crippen MR) is 107 cm³/mol. The summed E-state index contributed by atoms with van der Waals surface area (Å²) in [5.74, 6) is -1.26. The first-order valence-electron chi connectivity index (χ1n) is 9.37. The van der Waals surface area contributed by atoms with Gasteiger partial charge in [0.1, 0.15) is 0 Å².